The van der Waals surface area contributed by atoms with E-state index in [1.807, 2.05) is 54.6 Å². The molecule has 0 radical (unpaired) electrons. The van der Waals surface area contributed by atoms with Crippen molar-refractivity contribution in [2.45, 2.75) is 11.4 Å². The Morgan fingerprint density at radius 3 is 2.27 bits per heavy atom. The van der Waals surface area contributed by atoms with Crippen molar-refractivity contribution < 1.29 is 9.90 Å². The number of carbonyl (C=O) groups is 1. The molecular formula is C18H15NO2S. The maximum Gasteiger partial charge on any atom is 0.321 e. The van der Waals surface area contributed by atoms with Crippen molar-refractivity contribution >= 4 is 17.7 Å². The van der Waals surface area contributed by atoms with Crippen LogP contribution in [-0.2, 0) is 4.79 Å². The maximum absolute atomic E-state index is 11.0. The van der Waals surface area contributed by atoms with Gasteiger partial charge in [-0.1, -0.05) is 42.2 Å². The van der Waals surface area contributed by atoms with Crippen molar-refractivity contribution in [3.63, 3.8) is 0 Å². The fraction of sp³-hybridized carbons (Fsp3) is 0.167. The molecule has 4 heteroatoms. The van der Waals surface area contributed by atoms with Crippen molar-refractivity contribution in [3.05, 3.63) is 71.3 Å². The SMILES string of the molecule is O=C(O)[C@@H]1CSC(c2ccc(C#Cc3ccccc3)cc2)N1. The highest BCUT2D eigenvalue weighted by atomic mass is 32.2. The molecule has 2 atom stereocenters. The smallest absolute Gasteiger partial charge is 0.321 e. The van der Waals surface area contributed by atoms with E-state index in [9.17, 15) is 4.79 Å². The van der Waals surface area contributed by atoms with Gasteiger partial charge in [0.2, 0.25) is 0 Å². The Kier molecular flexibility index (Phi) is 4.47. The van der Waals surface area contributed by atoms with Crippen molar-refractivity contribution in [2.75, 3.05) is 5.75 Å². The molecule has 0 spiro atoms. The summed E-state index contributed by atoms with van der Waals surface area (Å²) < 4.78 is 0. The molecule has 1 heterocycles. The number of hydrogen-bond acceptors (Lipinski definition) is 3. The summed E-state index contributed by atoms with van der Waals surface area (Å²) in [6, 6.07) is 17.4. The Balaban J connectivity index is 1.69. The molecule has 3 rings (SSSR count). The summed E-state index contributed by atoms with van der Waals surface area (Å²) in [5, 5.41) is 12.2. The molecule has 2 aromatic rings. The Morgan fingerprint density at radius 2 is 1.68 bits per heavy atom. The van der Waals surface area contributed by atoms with Gasteiger partial charge in [0.15, 0.2) is 0 Å². The van der Waals surface area contributed by atoms with Gasteiger partial charge in [-0.3, -0.25) is 10.1 Å². The number of benzene rings is 2. The summed E-state index contributed by atoms with van der Waals surface area (Å²) in [6.45, 7) is 0. The second kappa shape index (κ2) is 6.69. The van der Waals surface area contributed by atoms with E-state index in [2.05, 4.69) is 17.2 Å². The number of nitrogens with one attached hydrogen (secondary N) is 1. The van der Waals surface area contributed by atoms with Crippen molar-refractivity contribution in [1.29, 1.82) is 0 Å². The highest BCUT2D eigenvalue weighted by Gasteiger charge is 2.30. The predicted molar refractivity (Wildman–Crippen MR) is 88.6 cm³/mol. The summed E-state index contributed by atoms with van der Waals surface area (Å²) in [5.74, 6) is 6.06. The molecule has 1 unspecified atom stereocenters. The van der Waals surface area contributed by atoms with Gasteiger partial charge in [-0.2, -0.15) is 0 Å². The third kappa shape index (κ3) is 3.51. The van der Waals surface area contributed by atoms with Crippen LogP contribution in [0.3, 0.4) is 0 Å². The molecule has 0 saturated carbocycles. The Bertz CT molecular complexity index is 716. The molecule has 1 aliphatic heterocycles. The van der Waals surface area contributed by atoms with Gasteiger partial charge in [-0.05, 0) is 29.8 Å². The second-order valence-electron chi connectivity index (χ2n) is 5.01. The van der Waals surface area contributed by atoms with Crippen LogP contribution in [0.15, 0.2) is 54.6 Å². The molecule has 2 N–H and O–H groups in total. The first-order valence-corrected chi connectivity index (χ1v) is 8.05. The normalized spacial score (nSPS) is 20.2. The summed E-state index contributed by atoms with van der Waals surface area (Å²) in [4.78, 5) is 11.0. The standard InChI is InChI=1S/C18H15NO2S/c20-18(21)16-12-22-17(19-16)15-10-8-14(9-11-15)7-6-13-4-2-1-3-5-13/h1-5,8-11,16-17,19H,12H2,(H,20,21)/t16-,17?/m0/s1. The number of carboxylic acids is 1. The van der Waals surface area contributed by atoms with E-state index in [1.165, 1.54) is 0 Å². The fourth-order valence-corrected chi connectivity index (χ4v) is 3.45. The van der Waals surface area contributed by atoms with Crippen LogP contribution < -0.4 is 5.32 Å². The highest BCUT2D eigenvalue weighted by molar-refractivity contribution is 7.99. The van der Waals surface area contributed by atoms with Crippen LogP contribution in [0.5, 0.6) is 0 Å². The van der Waals surface area contributed by atoms with Crippen LogP contribution >= 0.6 is 11.8 Å². The molecule has 22 heavy (non-hydrogen) atoms. The zero-order valence-corrected chi connectivity index (χ0v) is 12.6. The molecular weight excluding hydrogens is 294 g/mol. The van der Waals surface area contributed by atoms with Gasteiger partial charge in [-0.15, -0.1) is 11.8 Å². The molecule has 1 fully saturated rings. The van der Waals surface area contributed by atoms with E-state index in [4.69, 9.17) is 5.11 Å². The van der Waals surface area contributed by atoms with Crippen LogP contribution in [0.25, 0.3) is 0 Å². The molecule has 1 aliphatic rings. The van der Waals surface area contributed by atoms with Crippen LogP contribution in [0.4, 0.5) is 0 Å². The number of carboxylic acid groups (broad SMARTS) is 1. The van der Waals surface area contributed by atoms with Gasteiger partial charge in [0.05, 0.1) is 5.37 Å². The zero-order valence-electron chi connectivity index (χ0n) is 11.8. The Morgan fingerprint density at radius 1 is 1.05 bits per heavy atom. The summed E-state index contributed by atoms with van der Waals surface area (Å²) >= 11 is 1.62. The third-order valence-corrected chi connectivity index (χ3v) is 4.69. The minimum Gasteiger partial charge on any atom is -0.480 e. The third-order valence-electron chi connectivity index (χ3n) is 3.42. The highest BCUT2D eigenvalue weighted by Crippen LogP contribution is 2.32. The summed E-state index contributed by atoms with van der Waals surface area (Å²) in [7, 11) is 0. The van der Waals surface area contributed by atoms with E-state index in [1.54, 1.807) is 11.8 Å². The van der Waals surface area contributed by atoms with Crippen molar-refractivity contribution in [2.24, 2.45) is 0 Å². The molecule has 0 aromatic heterocycles. The number of aliphatic carboxylic acids is 1. The topological polar surface area (TPSA) is 49.3 Å². The van der Waals surface area contributed by atoms with Crippen LogP contribution in [0.1, 0.15) is 22.1 Å². The summed E-state index contributed by atoms with van der Waals surface area (Å²) in [5.41, 5.74) is 3.02. The largest absolute Gasteiger partial charge is 0.480 e. The first-order chi connectivity index (χ1) is 10.7. The predicted octanol–water partition coefficient (Wildman–Crippen LogP) is 2.87. The summed E-state index contributed by atoms with van der Waals surface area (Å²) in [6.07, 6.45) is 0. The van der Waals surface area contributed by atoms with E-state index < -0.39 is 12.0 Å². The first-order valence-electron chi connectivity index (χ1n) is 7.00. The van der Waals surface area contributed by atoms with E-state index in [0.29, 0.717) is 5.75 Å². The monoisotopic (exact) mass is 309 g/mol. The van der Waals surface area contributed by atoms with Crippen LogP contribution in [0.2, 0.25) is 0 Å². The zero-order chi connectivity index (χ0) is 15.4. The number of rotatable bonds is 2. The molecule has 2 aromatic carbocycles. The lowest BCUT2D eigenvalue weighted by Gasteiger charge is -2.11. The van der Waals surface area contributed by atoms with E-state index >= 15 is 0 Å². The molecule has 1 saturated heterocycles. The van der Waals surface area contributed by atoms with Crippen molar-refractivity contribution in [3.8, 4) is 11.8 Å². The lowest BCUT2D eigenvalue weighted by Crippen LogP contribution is -2.33. The Hall–Kier alpha value is -2.22. The van der Waals surface area contributed by atoms with Gasteiger partial charge in [-0.25, -0.2) is 0 Å². The van der Waals surface area contributed by atoms with Crippen LogP contribution in [-0.4, -0.2) is 22.9 Å². The fourth-order valence-electron chi connectivity index (χ4n) is 2.21. The molecule has 0 amide bonds. The quantitative estimate of drug-likeness (QED) is 0.838. The second-order valence-corrected chi connectivity index (χ2v) is 6.15. The van der Waals surface area contributed by atoms with Gasteiger partial charge in [0.25, 0.3) is 0 Å². The van der Waals surface area contributed by atoms with E-state index in [0.717, 1.165) is 16.7 Å². The Labute approximate surface area is 133 Å². The lowest BCUT2D eigenvalue weighted by molar-refractivity contribution is -0.138. The minimum atomic E-state index is -0.791. The van der Waals surface area contributed by atoms with E-state index in [-0.39, 0.29) is 5.37 Å². The average Bonchev–Trinajstić information content (AvgIpc) is 3.05. The minimum absolute atomic E-state index is 0.0391. The van der Waals surface area contributed by atoms with Gasteiger partial charge < -0.3 is 5.11 Å². The van der Waals surface area contributed by atoms with Crippen LogP contribution in [0, 0.1) is 11.8 Å². The molecule has 0 aliphatic carbocycles. The molecule has 0 bridgehead atoms. The first kappa shape index (κ1) is 14.7. The number of thioether (sulfide) groups is 1. The maximum atomic E-state index is 11.0. The lowest BCUT2D eigenvalue weighted by atomic mass is 10.1. The molecule has 110 valence electrons. The van der Waals surface area contributed by atoms with Gasteiger partial charge >= 0.3 is 5.97 Å². The van der Waals surface area contributed by atoms with Gasteiger partial charge in [0, 0.05) is 16.9 Å². The number of hydrogen-bond donors (Lipinski definition) is 2. The van der Waals surface area contributed by atoms with Crippen molar-refractivity contribution in [1.82, 2.24) is 5.32 Å². The van der Waals surface area contributed by atoms with Gasteiger partial charge in [0.1, 0.15) is 6.04 Å². The molecule has 3 nitrogen and oxygen atoms in total. The average molecular weight is 309 g/mol.